The van der Waals surface area contributed by atoms with Gasteiger partial charge in [0.2, 0.25) is 0 Å². The third kappa shape index (κ3) is 1.96. The van der Waals surface area contributed by atoms with Crippen molar-refractivity contribution in [3.8, 4) is 0 Å². The van der Waals surface area contributed by atoms with Crippen molar-refractivity contribution in [1.29, 1.82) is 0 Å². The van der Waals surface area contributed by atoms with Crippen LogP contribution in [0.5, 0.6) is 0 Å². The Bertz CT molecular complexity index is 480. The van der Waals surface area contributed by atoms with E-state index in [0.717, 1.165) is 17.8 Å². The van der Waals surface area contributed by atoms with Gasteiger partial charge in [-0.1, -0.05) is 12.1 Å². The molecular formula is C13H16N2O2. The smallest absolute Gasteiger partial charge is 0.299 e. The fraction of sp³-hybridized carbons (Fsp3) is 0.385. The molecule has 1 heterocycles. The lowest BCUT2D eigenvalue weighted by molar-refractivity contribution is -0.114. The summed E-state index contributed by atoms with van der Waals surface area (Å²) in [6, 6.07) is 5.46. The summed E-state index contributed by atoms with van der Waals surface area (Å²) in [5.41, 5.74) is 2.29. The molecule has 17 heavy (non-hydrogen) atoms. The standard InChI is InChI=1S/C13H16N2O2/c1-9-5-4-6-10-11(9)15(8-7-14(2)3)13(17)12(10)16/h4-6H,7-8H2,1-3H3. The third-order valence-electron chi connectivity index (χ3n) is 2.96. The van der Waals surface area contributed by atoms with E-state index in [-0.39, 0.29) is 5.78 Å². The molecular weight excluding hydrogens is 216 g/mol. The molecule has 0 bridgehead atoms. The number of nitrogens with zero attached hydrogens (tertiary/aromatic N) is 2. The lowest BCUT2D eigenvalue weighted by Gasteiger charge is -2.20. The molecule has 1 aliphatic heterocycles. The topological polar surface area (TPSA) is 40.6 Å². The van der Waals surface area contributed by atoms with Crippen molar-refractivity contribution in [2.24, 2.45) is 0 Å². The van der Waals surface area contributed by atoms with Crippen LogP contribution in [0.1, 0.15) is 15.9 Å². The molecule has 0 radical (unpaired) electrons. The van der Waals surface area contributed by atoms with Crippen molar-refractivity contribution in [1.82, 2.24) is 4.90 Å². The summed E-state index contributed by atoms with van der Waals surface area (Å²) >= 11 is 0. The van der Waals surface area contributed by atoms with Gasteiger partial charge in [0.15, 0.2) is 0 Å². The molecule has 4 heteroatoms. The SMILES string of the molecule is Cc1cccc2c1N(CCN(C)C)C(=O)C2=O. The van der Waals surface area contributed by atoms with Crippen molar-refractivity contribution in [2.75, 3.05) is 32.1 Å². The van der Waals surface area contributed by atoms with Crippen molar-refractivity contribution in [3.63, 3.8) is 0 Å². The molecule has 1 aromatic carbocycles. The highest BCUT2D eigenvalue weighted by atomic mass is 16.2. The van der Waals surface area contributed by atoms with Crippen molar-refractivity contribution >= 4 is 17.4 Å². The molecule has 0 aromatic heterocycles. The fourth-order valence-electron chi connectivity index (χ4n) is 2.05. The third-order valence-corrected chi connectivity index (χ3v) is 2.96. The number of anilines is 1. The van der Waals surface area contributed by atoms with E-state index in [1.165, 1.54) is 0 Å². The summed E-state index contributed by atoms with van der Waals surface area (Å²) in [7, 11) is 3.89. The van der Waals surface area contributed by atoms with Crippen LogP contribution in [0.3, 0.4) is 0 Å². The van der Waals surface area contributed by atoms with E-state index < -0.39 is 5.91 Å². The molecule has 0 fully saturated rings. The summed E-state index contributed by atoms with van der Waals surface area (Å²) in [5, 5.41) is 0. The second-order valence-electron chi connectivity index (χ2n) is 4.56. The molecule has 1 aromatic rings. The number of likely N-dealkylation sites (N-methyl/N-ethyl adjacent to an activating group) is 1. The van der Waals surface area contributed by atoms with Gasteiger partial charge in [-0.05, 0) is 32.6 Å². The molecule has 0 atom stereocenters. The maximum absolute atomic E-state index is 11.9. The first-order chi connectivity index (χ1) is 8.02. The van der Waals surface area contributed by atoms with Crippen LogP contribution in [-0.4, -0.2) is 43.8 Å². The number of carbonyl (C=O) groups excluding carboxylic acids is 2. The summed E-state index contributed by atoms with van der Waals surface area (Å²) in [5.74, 6) is -0.793. The Morgan fingerprint density at radius 2 is 1.94 bits per heavy atom. The van der Waals surface area contributed by atoms with Gasteiger partial charge in [-0.15, -0.1) is 0 Å². The lowest BCUT2D eigenvalue weighted by atomic mass is 10.1. The maximum atomic E-state index is 11.9. The normalized spacial score (nSPS) is 14.7. The second kappa shape index (κ2) is 4.30. The Hall–Kier alpha value is -1.68. The first-order valence-electron chi connectivity index (χ1n) is 5.63. The molecule has 1 amide bonds. The zero-order valence-electron chi connectivity index (χ0n) is 10.4. The molecule has 0 aliphatic carbocycles. The number of aryl methyl sites for hydroxylation is 1. The van der Waals surface area contributed by atoms with Gasteiger partial charge in [-0.2, -0.15) is 0 Å². The Morgan fingerprint density at radius 1 is 1.24 bits per heavy atom. The predicted octanol–water partition coefficient (Wildman–Crippen LogP) is 1.09. The number of hydrogen-bond acceptors (Lipinski definition) is 3. The average Bonchev–Trinajstić information content (AvgIpc) is 2.52. The molecule has 0 N–H and O–H groups in total. The minimum Gasteiger partial charge on any atom is -0.308 e. The molecule has 0 unspecified atom stereocenters. The molecule has 90 valence electrons. The predicted molar refractivity (Wildman–Crippen MR) is 66.4 cm³/mol. The summed E-state index contributed by atoms with van der Waals surface area (Å²) in [4.78, 5) is 27.3. The minimum absolute atomic E-state index is 0.387. The van der Waals surface area contributed by atoms with Crippen LogP contribution in [0, 0.1) is 6.92 Å². The van der Waals surface area contributed by atoms with Crippen LogP contribution in [-0.2, 0) is 4.79 Å². The second-order valence-corrected chi connectivity index (χ2v) is 4.56. The molecule has 0 spiro atoms. The Morgan fingerprint density at radius 3 is 2.59 bits per heavy atom. The molecule has 1 aliphatic rings. The molecule has 4 nitrogen and oxygen atoms in total. The van der Waals surface area contributed by atoms with E-state index in [4.69, 9.17) is 0 Å². The number of fused-ring (bicyclic) bond motifs is 1. The van der Waals surface area contributed by atoms with Crippen LogP contribution >= 0.6 is 0 Å². The van der Waals surface area contributed by atoms with E-state index >= 15 is 0 Å². The van der Waals surface area contributed by atoms with E-state index in [2.05, 4.69) is 0 Å². The van der Waals surface area contributed by atoms with Gasteiger partial charge in [-0.25, -0.2) is 0 Å². The van der Waals surface area contributed by atoms with E-state index in [9.17, 15) is 9.59 Å². The Kier molecular flexibility index (Phi) is 2.98. The average molecular weight is 232 g/mol. The molecule has 0 saturated carbocycles. The van der Waals surface area contributed by atoms with Crippen LogP contribution < -0.4 is 4.90 Å². The van der Waals surface area contributed by atoms with Crippen LogP contribution in [0.2, 0.25) is 0 Å². The fourth-order valence-corrected chi connectivity index (χ4v) is 2.05. The monoisotopic (exact) mass is 232 g/mol. The van der Waals surface area contributed by atoms with Gasteiger partial charge in [0.05, 0.1) is 11.3 Å². The van der Waals surface area contributed by atoms with Crippen LogP contribution in [0.25, 0.3) is 0 Å². The van der Waals surface area contributed by atoms with Crippen molar-refractivity contribution in [3.05, 3.63) is 29.3 Å². The minimum atomic E-state index is -0.406. The van der Waals surface area contributed by atoms with Gasteiger partial charge in [-0.3, -0.25) is 9.59 Å². The van der Waals surface area contributed by atoms with Gasteiger partial charge in [0.1, 0.15) is 0 Å². The number of benzene rings is 1. The first-order valence-corrected chi connectivity index (χ1v) is 5.63. The van der Waals surface area contributed by atoms with Crippen molar-refractivity contribution < 1.29 is 9.59 Å². The number of amides is 1. The maximum Gasteiger partial charge on any atom is 0.299 e. The number of ketones is 1. The quantitative estimate of drug-likeness (QED) is 0.732. The van der Waals surface area contributed by atoms with Gasteiger partial charge >= 0.3 is 0 Å². The van der Waals surface area contributed by atoms with Crippen LogP contribution in [0.4, 0.5) is 5.69 Å². The molecule has 0 saturated heterocycles. The highest BCUT2D eigenvalue weighted by Gasteiger charge is 2.36. The zero-order valence-corrected chi connectivity index (χ0v) is 10.4. The van der Waals surface area contributed by atoms with Gasteiger partial charge < -0.3 is 9.80 Å². The van der Waals surface area contributed by atoms with E-state index in [1.54, 1.807) is 11.0 Å². The number of rotatable bonds is 3. The number of carbonyl (C=O) groups is 2. The van der Waals surface area contributed by atoms with Gasteiger partial charge in [0, 0.05) is 13.1 Å². The Labute approximate surface area is 101 Å². The molecule has 2 rings (SSSR count). The number of Topliss-reactive ketones (excluding diaryl/α,β-unsaturated/α-hetero) is 1. The van der Waals surface area contributed by atoms with E-state index in [1.807, 2.05) is 38.1 Å². The van der Waals surface area contributed by atoms with E-state index in [0.29, 0.717) is 12.1 Å². The summed E-state index contributed by atoms with van der Waals surface area (Å²) in [6.07, 6.45) is 0. The largest absolute Gasteiger partial charge is 0.308 e. The Balaban J connectivity index is 2.36. The van der Waals surface area contributed by atoms with Crippen molar-refractivity contribution in [2.45, 2.75) is 6.92 Å². The number of hydrogen-bond donors (Lipinski definition) is 0. The zero-order chi connectivity index (χ0) is 12.6. The van der Waals surface area contributed by atoms with Crippen LogP contribution in [0.15, 0.2) is 18.2 Å². The highest BCUT2D eigenvalue weighted by molar-refractivity contribution is 6.52. The first kappa shape index (κ1) is 11.8. The number of para-hydroxylation sites is 1. The highest BCUT2D eigenvalue weighted by Crippen LogP contribution is 2.31. The lowest BCUT2D eigenvalue weighted by Crippen LogP contribution is -2.36. The van der Waals surface area contributed by atoms with Gasteiger partial charge in [0.25, 0.3) is 11.7 Å². The summed E-state index contributed by atoms with van der Waals surface area (Å²) in [6.45, 7) is 3.22. The summed E-state index contributed by atoms with van der Waals surface area (Å²) < 4.78 is 0.